The highest BCUT2D eigenvalue weighted by Gasteiger charge is 2.10. The number of unbranched alkanes of at least 4 members (excludes halogenated alkanes) is 2. The molecule has 0 heterocycles. The molecule has 0 N–H and O–H groups in total. The van der Waals surface area contributed by atoms with Crippen molar-refractivity contribution in [2.75, 3.05) is 39.3 Å². The molecule has 0 radical (unpaired) electrons. The van der Waals surface area contributed by atoms with E-state index in [0.717, 1.165) is 12.8 Å². The predicted octanol–water partition coefficient (Wildman–Crippen LogP) is 8.06. The summed E-state index contributed by atoms with van der Waals surface area (Å²) in [7, 11) is 0. The van der Waals surface area contributed by atoms with Gasteiger partial charge >= 0.3 is 0 Å². The van der Waals surface area contributed by atoms with E-state index in [-0.39, 0.29) is 0 Å². The van der Waals surface area contributed by atoms with Crippen LogP contribution in [0.4, 0.5) is 0 Å². The van der Waals surface area contributed by atoms with Gasteiger partial charge in [-0.3, -0.25) is 0 Å². The molecular formula is C32H52N2. The minimum atomic E-state index is 1.16. The van der Waals surface area contributed by atoms with Gasteiger partial charge in [0.1, 0.15) is 0 Å². The fraction of sp³-hybridized carbons (Fsp3) is 0.500. The van der Waals surface area contributed by atoms with Gasteiger partial charge in [-0.25, -0.2) is 0 Å². The van der Waals surface area contributed by atoms with Gasteiger partial charge < -0.3 is 9.80 Å². The molecule has 0 atom stereocenters. The molecule has 0 amide bonds. The van der Waals surface area contributed by atoms with E-state index < -0.39 is 0 Å². The Morgan fingerprint density at radius 2 is 0.882 bits per heavy atom. The fourth-order valence-electron chi connectivity index (χ4n) is 3.58. The maximum Gasteiger partial charge on any atom is 0.0109 e. The molecule has 2 aromatic rings. The van der Waals surface area contributed by atoms with Crippen LogP contribution in [0, 0.1) is 0 Å². The zero-order valence-corrected chi connectivity index (χ0v) is 22.7. The molecule has 0 aromatic heterocycles. The normalized spacial score (nSPS) is 10.2. The van der Waals surface area contributed by atoms with Crippen molar-refractivity contribution in [1.82, 2.24) is 9.80 Å². The van der Waals surface area contributed by atoms with E-state index in [1.54, 1.807) is 12.2 Å². The van der Waals surface area contributed by atoms with Crippen LogP contribution in [0.15, 0.2) is 86.0 Å². The van der Waals surface area contributed by atoms with Crippen molar-refractivity contribution in [3.05, 3.63) is 97.1 Å². The molecule has 0 saturated heterocycles. The number of hydrogen-bond donors (Lipinski definition) is 0. The second-order valence-electron chi connectivity index (χ2n) is 8.68. The lowest BCUT2D eigenvalue weighted by molar-refractivity contribution is 0.202. The Balaban J connectivity index is 0.00000164. The summed E-state index contributed by atoms with van der Waals surface area (Å²) in [5, 5.41) is 0. The van der Waals surface area contributed by atoms with Crippen molar-refractivity contribution in [3.8, 4) is 0 Å². The maximum atomic E-state index is 3.36. The highest BCUT2D eigenvalue weighted by atomic mass is 15.2. The third-order valence-electron chi connectivity index (χ3n) is 5.51. The van der Waals surface area contributed by atoms with E-state index in [1.165, 1.54) is 76.1 Å². The number of rotatable bonds is 15. The van der Waals surface area contributed by atoms with Crippen LogP contribution in [0.3, 0.4) is 0 Å². The summed E-state index contributed by atoms with van der Waals surface area (Å²) in [5.41, 5.74) is 2.91. The van der Waals surface area contributed by atoms with Crippen LogP contribution >= 0.6 is 0 Å². The van der Waals surface area contributed by atoms with Crippen molar-refractivity contribution >= 4 is 0 Å². The van der Waals surface area contributed by atoms with Crippen LogP contribution in [-0.4, -0.2) is 49.1 Å². The molecule has 0 aliphatic heterocycles. The lowest BCUT2D eigenvalue weighted by atomic mass is 10.1. The standard InChI is InChI=1S/C26H40N2.2C3H6/c1-3-5-19-27(21-17-25-13-9-7-10-14-25)23-24-28(20-6-4-2)22-18-26-15-11-8-12-16-26;2*1-3-2/h7-16H,3-6,17-24H2,1-2H3;2*3H,1H2,2H3. The van der Waals surface area contributed by atoms with E-state index in [1.807, 2.05) is 13.8 Å². The molecule has 34 heavy (non-hydrogen) atoms. The van der Waals surface area contributed by atoms with Gasteiger partial charge in [0.25, 0.3) is 0 Å². The maximum absolute atomic E-state index is 3.36. The SMILES string of the molecule is C=CC.C=CC.CCCCN(CCc1ccccc1)CCN(CCCC)CCc1ccccc1. The molecular weight excluding hydrogens is 412 g/mol. The summed E-state index contributed by atoms with van der Waals surface area (Å²) in [6.07, 6.45) is 11.0. The zero-order chi connectivity index (χ0) is 25.3. The minimum absolute atomic E-state index is 1.16. The van der Waals surface area contributed by atoms with E-state index >= 15 is 0 Å². The van der Waals surface area contributed by atoms with E-state index in [9.17, 15) is 0 Å². The van der Waals surface area contributed by atoms with Gasteiger partial charge in [-0.05, 0) is 63.7 Å². The number of hydrogen-bond acceptors (Lipinski definition) is 2. The Morgan fingerprint density at radius 1 is 0.559 bits per heavy atom. The average Bonchev–Trinajstić information content (AvgIpc) is 2.86. The van der Waals surface area contributed by atoms with Gasteiger partial charge in [-0.15, -0.1) is 13.2 Å². The molecule has 0 spiro atoms. The number of allylic oxidation sites excluding steroid dienone is 2. The molecule has 0 unspecified atom stereocenters. The minimum Gasteiger partial charge on any atom is -0.302 e. The Morgan fingerprint density at radius 3 is 1.18 bits per heavy atom. The molecule has 0 saturated carbocycles. The van der Waals surface area contributed by atoms with Crippen LogP contribution in [-0.2, 0) is 12.8 Å². The Hall–Kier alpha value is -2.16. The first-order valence-corrected chi connectivity index (χ1v) is 13.3. The van der Waals surface area contributed by atoms with Crippen LogP contribution in [0.2, 0.25) is 0 Å². The largest absolute Gasteiger partial charge is 0.302 e. The first-order valence-electron chi connectivity index (χ1n) is 13.3. The zero-order valence-electron chi connectivity index (χ0n) is 22.7. The van der Waals surface area contributed by atoms with Crippen LogP contribution < -0.4 is 0 Å². The van der Waals surface area contributed by atoms with Crippen LogP contribution in [0.1, 0.15) is 64.5 Å². The van der Waals surface area contributed by atoms with E-state index in [4.69, 9.17) is 0 Å². The number of nitrogens with zero attached hydrogens (tertiary/aromatic N) is 2. The molecule has 0 aliphatic rings. The van der Waals surface area contributed by atoms with Gasteiger partial charge in [0.15, 0.2) is 0 Å². The third-order valence-corrected chi connectivity index (χ3v) is 5.51. The fourth-order valence-corrected chi connectivity index (χ4v) is 3.58. The van der Waals surface area contributed by atoms with Gasteiger partial charge in [0.05, 0.1) is 0 Å². The Labute approximate surface area is 212 Å². The van der Waals surface area contributed by atoms with Gasteiger partial charge in [-0.2, -0.15) is 0 Å². The second-order valence-corrected chi connectivity index (χ2v) is 8.68. The Bertz CT molecular complexity index is 619. The van der Waals surface area contributed by atoms with Gasteiger partial charge in [0, 0.05) is 26.2 Å². The summed E-state index contributed by atoms with van der Waals surface area (Å²) >= 11 is 0. The van der Waals surface area contributed by atoms with Crippen LogP contribution in [0.25, 0.3) is 0 Å². The van der Waals surface area contributed by atoms with Crippen molar-refractivity contribution < 1.29 is 0 Å². The topological polar surface area (TPSA) is 6.48 Å². The second kappa shape index (κ2) is 24.0. The smallest absolute Gasteiger partial charge is 0.0109 e. The molecule has 2 heteroatoms. The predicted molar refractivity (Wildman–Crippen MR) is 155 cm³/mol. The Kier molecular flexibility index (Phi) is 22.5. The summed E-state index contributed by atoms with van der Waals surface area (Å²) < 4.78 is 0. The molecule has 190 valence electrons. The highest BCUT2D eigenvalue weighted by molar-refractivity contribution is 5.15. The molecule has 0 fully saturated rings. The summed E-state index contributed by atoms with van der Waals surface area (Å²) in [6.45, 7) is 22.3. The van der Waals surface area contributed by atoms with Crippen molar-refractivity contribution in [2.45, 2.75) is 66.2 Å². The van der Waals surface area contributed by atoms with E-state index in [2.05, 4.69) is 97.5 Å². The first kappa shape index (κ1) is 31.8. The van der Waals surface area contributed by atoms with Gasteiger partial charge in [0.2, 0.25) is 0 Å². The van der Waals surface area contributed by atoms with Crippen LogP contribution in [0.5, 0.6) is 0 Å². The summed E-state index contributed by atoms with van der Waals surface area (Å²) in [6, 6.07) is 21.9. The highest BCUT2D eigenvalue weighted by Crippen LogP contribution is 2.06. The monoisotopic (exact) mass is 464 g/mol. The quantitative estimate of drug-likeness (QED) is 0.246. The van der Waals surface area contributed by atoms with Gasteiger partial charge in [-0.1, -0.05) is 99.5 Å². The third kappa shape index (κ3) is 18.3. The summed E-state index contributed by atoms with van der Waals surface area (Å²) in [4.78, 5) is 5.36. The van der Waals surface area contributed by atoms with Crippen molar-refractivity contribution in [3.63, 3.8) is 0 Å². The first-order chi connectivity index (χ1) is 16.6. The lowest BCUT2D eigenvalue weighted by Crippen LogP contribution is -2.38. The number of benzene rings is 2. The molecule has 2 nitrogen and oxygen atoms in total. The van der Waals surface area contributed by atoms with Crippen molar-refractivity contribution in [2.24, 2.45) is 0 Å². The molecule has 0 aliphatic carbocycles. The molecule has 2 aromatic carbocycles. The molecule has 2 rings (SSSR count). The van der Waals surface area contributed by atoms with E-state index in [0.29, 0.717) is 0 Å². The van der Waals surface area contributed by atoms with Crippen molar-refractivity contribution in [1.29, 1.82) is 0 Å². The summed E-state index contributed by atoms with van der Waals surface area (Å²) in [5.74, 6) is 0. The lowest BCUT2D eigenvalue weighted by Gasteiger charge is -2.28. The molecule has 0 bridgehead atoms. The average molecular weight is 465 g/mol.